The molecule has 1 N–H and O–H groups in total. The van der Waals surface area contributed by atoms with Gasteiger partial charge in [0.05, 0.1) is 0 Å². The smallest absolute Gasteiger partial charge is 0.137 e. The van der Waals surface area contributed by atoms with Gasteiger partial charge >= 0.3 is 0 Å². The number of rotatable bonds is 7. The molecular weight excluding hydrogens is 318 g/mol. The lowest BCUT2D eigenvalue weighted by atomic mass is 9.96. The minimum absolute atomic E-state index is 0.0550. The molecule has 0 fully saturated rings. The van der Waals surface area contributed by atoms with Crippen molar-refractivity contribution < 1.29 is 4.74 Å². The minimum atomic E-state index is -0.0550. The van der Waals surface area contributed by atoms with Crippen LogP contribution in [0.15, 0.2) is 10.7 Å². The van der Waals surface area contributed by atoms with Gasteiger partial charge in [-0.15, -0.1) is 0 Å². The van der Waals surface area contributed by atoms with Gasteiger partial charge in [-0.3, -0.25) is 0 Å². The second-order valence-electron chi connectivity index (χ2n) is 6.40. The summed E-state index contributed by atoms with van der Waals surface area (Å²) < 4.78 is 6.37. The lowest BCUT2D eigenvalue weighted by Gasteiger charge is -2.18. The third-order valence-electron chi connectivity index (χ3n) is 2.59. The SMILES string of the molecule is CC(C)COCCCNc1cc(Br)nc(C(C)(C)C)n1. The summed E-state index contributed by atoms with van der Waals surface area (Å²) in [6.07, 6.45) is 0.971. The predicted molar refractivity (Wildman–Crippen MR) is 87.2 cm³/mol. The van der Waals surface area contributed by atoms with Gasteiger partial charge in [0.15, 0.2) is 0 Å². The Morgan fingerprint density at radius 3 is 2.60 bits per heavy atom. The summed E-state index contributed by atoms with van der Waals surface area (Å²) in [5, 5.41) is 3.32. The van der Waals surface area contributed by atoms with Crippen LogP contribution in [0.1, 0.15) is 46.9 Å². The summed E-state index contributed by atoms with van der Waals surface area (Å²) in [6.45, 7) is 13.1. The fraction of sp³-hybridized carbons (Fsp3) is 0.733. The van der Waals surface area contributed by atoms with E-state index in [1.807, 2.05) is 6.07 Å². The van der Waals surface area contributed by atoms with E-state index in [1.165, 1.54) is 0 Å². The van der Waals surface area contributed by atoms with Crippen molar-refractivity contribution in [1.82, 2.24) is 9.97 Å². The highest BCUT2D eigenvalue weighted by Gasteiger charge is 2.18. The van der Waals surface area contributed by atoms with Crippen LogP contribution in [-0.4, -0.2) is 29.7 Å². The number of hydrogen-bond donors (Lipinski definition) is 1. The molecule has 114 valence electrons. The summed E-state index contributed by atoms with van der Waals surface area (Å²) in [7, 11) is 0. The molecule has 1 aromatic heterocycles. The molecule has 4 nitrogen and oxygen atoms in total. The Labute approximate surface area is 130 Å². The summed E-state index contributed by atoms with van der Waals surface area (Å²) in [4.78, 5) is 8.98. The number of hydrogen-bond acceptors (Lipinski definition) is 4. The van der Waals surface area contributed by atoms with Crippen LogP contribution in [0.5, 0.6) is 0 Å². The highest BCUT2D eigenvalue weighted by molar-refractivity contribution is 9.10. The maximum Gasteiger partial charge on any atom is 0.137 e. The largest absolute Gasteiger partial charge is 0.381 e. The van der Waals surface area contributed by atoms with Gasteiger partial charge in [0.2, 0.25) is 0 Å². The third kappa shape index (κ3) is 6.66. The van der Waals surface area contributed by atoms with Gasteiger partial charge in [-0.25, -0.2) is 9.97 Å². The molecule has 0 unspecified atom stereocenters. The molecule has 0 saturated heterocycles. The van der Waals surface area contributed by atoms with Gasteiger partial charge in [-0.05, 0) is 28.3 Å². The van der Waals surface area contributed by atoms with Crippen LogP contribution in [0.25, 0.3) is 0 Å². The van der Waals surface area contributed by atoms with E-state index in [4.69, 9.17) is 4.74 Å². The van der Waals surface area contributed by atoms with E-state index in [9.17, 15) is 0 Å². The molecule has 1 rings (SSSR count). The zero-order chi connectivity index (χ0) is 15.2. The number of nitrogens with one attached hydrogen (secondary N) is 1. The first kappa shape index (κ1) is 17.4. The fourth-order valence-corrected chi connectivity index (χ4v) is 1.94. The Morgan fingerprint density at radius 1 is 1.30 bits per heavy atom. The average Bonchev–Trinajstić information content (AvgIpc) is 2.31. The van der Waals surface area contributed by atoms with Crippen LogP contribution in [0.2, 0.25) is 0 Å². The molecule has 0 aliphatic rings. The second kappa shape index (κ2) is 7.93. The van der Waals surface area contributed by atoms with E-state index in [0.29, 0.717) is 5.92 Å². The second-order valence-corrected chi connectivity index (χ2v) is 7.21. The normalized spacial score (nSPS) is 11.9. The molecule has 0 spiro atoms. The van der Waals surface area contributed by atoms with E-state index in [-0.39, 0.29) is 5.41 Å². The van der Waals surface area contributed by atoms with Gasteiger partial charge in [0, 0.05) is 31.2 Å². The first-order chi connectivity index (χ1) is 9.29. The molecule has 0 radical (unpaired) electrons. The molecule has 0 aromatic carbocycles. The van der Waals surface area contributed by atoms with E-state index >= 15 is 0 Å². The zero-order valence-corrected chi connectivity index (χ0v) is 14.7. The number of anilines is 1. The van der Waals surface area contributed by atoms with Crippen LogP contribution in [0.4, 0.5) is 5.82 Å². The topological polar surface area (TPSA) is 47.0 Å². The van der Waals surface area contributed by atoms with Crippen molar-refractivity contribution in [2.45, 2.75) is 46.5 Å². The molecule has 0 aliphatic carbocycles. The molecule has 20 heavy (non-hydrogen) atoms. The lowest BCUT2D eigenvalue weighted by molar-refractivity contribution is 0.110. The molecule has 0 saturated carbocycles. The lowest BCUT2D eigenvalue weighted by Crippen LogP contribution is -2.18. The van der Waals surface area contributed by atoms with Gasteiger partial charge < -0.3 is 10.1 Å². The van der Waals surface area contributed by atoms with Crippen LogP contribution in [0.3, 0.4) is 0 Å². The predicted octanol–water partition coefficient (Wildman–Crippen LogP) is 4.01. The number of aromatic nitrogens is 2. The Kier molecular flexibility index (Phi) is 6.89. The van der Waals surface area contributed by atoms with Gasteiger partial charge in [-0.2, -0.15) is 0 Å². The third-order valence-corrected chi connectivity index (χ3v) is 2.99. The quantitative estimate of drug-likeness (QED) is 0.600. The summed E-state index contributed by atoms with van der Waals surface area (Å²) in [6, 6.07) is 1.91. The molecule has 0 atom stereocenters. The van der Waals surface area contributed by atoms with Gasteiger partial charge in [-0.1, -0.05) is 34.6 Å². The number of ether oxygens (including phenoxy) is 1. The van der Waals surface area contributed by atoms with Crippen molar-refractivity contribution >= 4 is 21.7 Å². The standard InChI is InChI=1S/C15H26BrN3O/c1-11(2)10-20-8-6-7-17-13-9-12(16)18-14(19-13)15(3,4)5/h9,11H,6-8,10H2,1-5H3,(H,17,18,19). The van der Waals surface area contributed by atoms with Crippen molar-refractivity contribution in [2.24, 2.45) is 5.92 Å². The van der Waals surface area contributed by atoms with Crippen LogP contribution in [-0.2, 0) is 10.2 Å². The van der Waals surface area contributed by atoms with E-state index in [0.717, 1.165) is 42.4 Å². The molecule has 0 aliphatic heterocycles. The summed E-state index contributed by atoms with van der Waals surface area (Å²) >= 11 is 3.44. The average molecular weight is 344 g/mol. The maximum atomic E-state index is 5.55. The van der Waals surface area contributed by atoms with Crippen molar-refractivity contribution in [3.8, 4) is 0 Å². The number of halogens is 1. The zero-order valence-electron chi connectivity index (χ0n) is 13.2. The van der Waals surface area contributed by atoms with Gasteiger partial charge in [0.25, 0.3) is 0 Å². The Bertz CT molecular complexity index is 416. The molecule has 1 aromatic rings. The van der Waals surface area contributed by atoms with E-state index in [2.05, 4.69) is 65.8 Å². The van der Waals surface area contributed by atoms with Crippen LogP contribution in [0, 0.1) is 5.92 Å². The van der Waals surface area contributed by atoms with Crippen LogP contribution < -0.4 is 5.32 Å². The first-order valence-corrected chi connectivity index (χ1v) is 7.95. The minimum Gasteiger partial charge on any atom is -0.381 e. The van der Waals surface area contributed by atoms with E-state index < -0.39 is 0 Å². The molecule has 1 heterocycles. The summed E-state index contributed by atoms with van der Waals surface area (Å²) in [5.74, 6) is 2.29. The summed E-state index contributed by atoms with van der Waals surface area (Å²) in [5.41, 5.74) is -0.0550. The number of nitrogens with zero attached hydrogens (tertiary/aromatic N) is 2. The van der Waals surface area contributed by atoms with Gasteiger partial charge in [0.1, 0.15) is 16.2 Å². The Hall–Kier alpha value is -0.680. The van der Waals surface area contributed by atoms with E-state index in [1.54, 1.807) is 0 Å². The molecule has 5 heteroatoms. The first-order valence-electron chi connectivity index (χ1n) is 7.15. The highest BCUT2D eigenvalue weighted by Crippen LogP contribution is 2.22. The van der Waals surface area contributed by atoms with Crippen molar-refractivity contribution in [3.05, 3.63) is 16.5 Å². The van der Waals surface area contributed by atoms with Crippen molar-refractivity contribution in [1.29, 1.82) is 0 Å². The van der Waals surface area contributed by atoms with Crippen molar-refractivity contribution in [2.75, 3.05) is 25.1 Å². The maximum absolute atomic E-state index is 5.55. The Morgan fingerprint density at radius 2 is 2.00 bits per heavy atom. The highest BCUT2D eigenvalue weighted by atomic mass is 79.9. The molecule has 0 bridgehead atoms. The van der Waals surface area contributed by atoms with Crippen molar-refractivity contribution in [3.63, 3.8) is 0 Å². The monoisotopic (exact) mass is 343 g/mol. The Balaban J connectivity index is 2.42. The van der Waals surface area contributed by atoms with Crippen LogP contribution >= 0.6 is 15.9 Å². The molecule has 0 amide bonds. The fourth-order valence-electron chi connectivity index (χ4n) is 1.55. The molecular formula is C15H26BrN3O.